The molecular formula is C18H28N2O2. The number of ether oxygens (including phenoxy) is 1. The molecule has 0 unspecified atom stereocenters. The monoisotopic (exact) mass is 304 g/mol. The summed E-state index contributed by atoms with van der Waals surface area (Å²) in [5, 5.41) is 2.92. The third-order valence-electron chi connectivity index (χ3n) is 4.38. The van der Waals surface area contributed by atoms with E-state index in [1.165, 1.54) is 12.0 Å². The van der Waals surface area contributed by atoms with Crippen LogP contribution < -0.4 is 15.8 Å². The predicted octanol–water partition coefficient (Wildman–Crippen LogP) is 2.97. The Morgan fingerprint density at radius 3 is 2.64 bits per heavy atom. The predicted molar refractivity (Wildman–Crippen MR) is 89.0 cm³/mol. The average molecular weight is 304 g/mol. The van der Waals surface area contributed by atoms with Crippen LogP contribution in [0.2, 0.25) is 0 Å². The number of amides is 1. The van der Waals surface area contributed by atoms with Crippen molar-refractivity contribution in [2.24, 2.45) is 5.73 Å². The Morgan fingerprint density at radius 1 is 1.27 bits per heavy atom. The molecule has 1 amide bonds. The topological polar surface area (TPSA) is 64.3 Å². The molecule has 2 rings (SSSR count). The van der Waals surface area contributed by atoms with Crippen molar-refractivity contribution in [1.82, 2.24) is 5.32 Å². The lowest BCUT2D eigenvalue weighted by molar-refractivity contribution is -0.127. The molecule has 0 aliphatic heterocycles. The van der Waals surface area contributed by atoms with Crippen LogP contribution in [0.3, 0.4) is 0 Å². The minimum Gasteiger partial charge on any atom is -0.491 e. The molecule has 3 N–H and O–H groups in total. The zero-order valence-corrected chi connectivity index (χ0v) is 13.7. The van der Waals surface area contributed by atoms with Crippen molar-refractivity contribution in [2.45, 2.75) is 57.4 Å². The normalized spacial score (nSPS) is 17.3. The lowest BCUT2D eigenvalue weighted by atomic mass is 9.82. The zero-order chi connectivity index (χ0) is 16.0. The third kappa shape index (κ3) is 4.23. The van der Waals surface area contributed by atoms with E-state index in [0.717, 1.165) is 31.4 Å². The number of hydrogen-bond donors (Lipinski definition) is 2. The zero-order valence-electron chi connectivity index (χ0n) is 13.7. The highest BCUT2D eigenvalue weighted by Crippen LogP contribution is 2.26. The van der Waals surface area contributed by atoms with Gasteiger partial charge in [-0.25, -0.2) is 0 Å². The molecule has 0 aromatic heterocycles. The summed E-state index contributed by atoms with van der Waals surface area (Å²) in [5.74, 6) is 1.28. The summed E-state index contributed by atoms with van der Waals surface area (Å²) in [7, 11) is 0. The molecule has 0 atom stereocenters. The smallest absolute Gasteiger partial charge is 0.240 e. The molecule has 4 heteroatoms. The van der Waals surface area contributed by atoms with Crippen LogP contribution in [0.15, 0.2) is 24.3 Å². The molecule has 122 valence electrons. The van der Waals surface area contributed by atoms with E-state index in [0.29, 0.717) is 19.1 Å². The van der Waals surface area contributed by atoms with E-state index in [2.05, 4.69) is 25.2 Å². The minimum absolute atomic E-state index is 0.0343. The highest BCUT2D eigenvalue weighted by atomic mass is 16.5. The van der Waals surface area contributed by atoms with Crippen LogP contribution in [0, 0.1) is 0 Å². The highest BCUT2D eigenvalue weighted by Gasteiger charge is 2.34. The van der Waals surface area contributed by atoms with E-state index >= 15 is 0 Å². The quantitative estimate of drug-likeness (QED) is 0.794. The maximum absolute atomic E-state index is 12.2. The molecule has 1 fully saturated rings. The first-order valence-electron chi connectivity index (χ1n) is 8.32. The largest absolute Gasteiger partial charge is 0.491 e. The van der Waals surface area contributed by atoms with Gasteiger partial charge < -0.3 is 15.8 Å². The van der Waals surface area contributed by atoms with E-state index in [9.17, 15) is 4.79 Å². The van der Waals surface area contributed by atoms with E-state index < -0.39 is 5.54 Å². The lowest BCUT2D eigenvalue weighted by Gasteiger charge is -2.31. The molecule has 0 heterocycles. The number of carbonyl (C=O) groups excluding carboxylic acids is 1. The Balaban J connectivity index is 1.79. The van der Waals surface area contributed by atoms with Gasteiger partial charge in [0.25, 0.3) is 0 Å². The summed E-state index contributed by atoms with van der Waals surface area (Å²) in [5.41, 5.74) is 6.73. The van der Waals surface area contributed by atoms with Crippen LogP contribution in [0.5, 0.6) is 5.75 Å². The second kappa shape index (κ2) is 7.63. The summed E-state index contributed by atoms with van der Waals surface area (Å²) >= 11 is 0. The van der Waals surface area contributed by atoms with Gasteiger partial charge in [0, 0.05) is 0 Å². The Hall–Kier alpha value is -1.55. The Kier molecular flexibility index (Phi) is 5.83. The number of nitrogens with one attached hydrogen (secondary N) is 1. The van der Waals surface area contributed by atoms with Crippen molar-refractivity contribution in [3.05, 3.63) is 29.8 Å². The summed E-state index contributed by atoms with van der Waals surface area (Å²) in [4.78, 5) is 12.2. The first kappa shape index (κ1) is 16.8. The maximum Gasteiger partial charge on any atom is 0.240 e. The third-order valence-corrected chi connectivity index (χ3v) is 4.38. The van der Waals surface area contributed by atoms with Crippen molar-refractivity contribution in [3.8, 4) is 5.75 Å². The highest BCUT2D eigenvalue weighted by molar-refractivity contribution is 5.86. The fraction of sp³-hybridized carbons (Fsp3) is 0.611. The maximum atomic E-state index is 12.2. The Bertz CT molecular complexity index is 494. The van der Waals surface area contributed by atoms with Crippen molar-refractivity contribution in [1.29, 1.82) is 0 Å². The van der Waals surface area contributed by atoms with Gasteiger partial charge in [0.2, 0.25) is 5.91 Å². The molecule has 0 bridgehead atoms. The fourth-order valence-corrected chi connectivity index (χ4v) is 3.00. The van der Waals surface area contributed by atoms with Crippen molar-refractivity contribution >= 4 is 5.91 Å². The van der Waals surface area contributed by atoms with Gasteiger partial charge in [-0.15, -0.1) is 0 Å². The van der Waals surface area contributed by atoms with Gasteiger partial charge in [0.05, 0.1) is 12.1 Å². The molecule has 1 aromatic carbocycles. The Morgan fingerprint density at radius 2 is 1.95 bits per heavy atom. The molecule has 0 radical (unpaired) electrons. The van der Waals surface area contributed by atoms with Crippen molar-refractivity contribution in [3.63, 3.8) is 0 Å². The second-order valence-corrected chi connectivity index (χ2v) is 6.51. The van der Waals surface area contributed by atoms with Gasteiger partial charge in [-0.2, -0.15) is 0 Å². The molecule has 4 nitrogen and oxygen atoms in total. The first-order valence-corrected chi connectivity index (χ1v) is 8.32. The molecule has 1 aliphatic rings. The molecule has 1 aliphatic carbocycles. The van der Waals surface area contributed by atoms with Crippen molar-refractivity contribution in [2.75, 3.05) is 13.2 Å². The van der Waals surface area contributed by atoms with Crippen LogP contribution in [0.1, 0.15) is 57.4 Å². The minimum atomic E-state index is -0.673. The Labute approximate surface area is 133 Å². The summed E-state index contributed by atoms with van der Waals surface area (Å²) in [6.45, 7) is 5.24. The van der Waals surface area contributed by atoms with E-state index in [1.54, 1.807) is 0 Å². The molecule has 0 spiro atoms. The standard InChI is InChI=1S/C18H28N2O2/c1-14(2)15-8-4-5-9-16(15)22-13-12-20-17(21)18(19)10-6-3-7-11-18/h4-5,8-9,14H,3,6-7,10-13,19H2,1-2H3,(H,20,21). The van der Waals surface area contributed by atoms with Crippen LogP contribution in [0.25, 0.3) is 0 Å². The average Bonchev–Trinajstić information content (AvgIpc) is 2.52. The van der Waals surface area contributed by atoms with Gasteiger partial charge in [0.1, 0.15) is 12.4 Å². The van der Waals surface area contributed by atoms with Gasteiger partial charge in [-0.1, -0.05) is 51.3 Å². The summed E-state index contributed by atoms with van der Waals surface area (Å²) in [6, 6.07) is 8.04. The number of nitrogens with two attached hydrogens (primary N) is 1. The van der Waals surface area contributed by atoms with E-state index in [-0.39, 0.29) is 5.91 Å². The second-order valence-electron chi connectivity index (χ2n) is 6.51. The van der Waals surface area contributed by atoms with Gasteiger partial charge in [0.15, 0.2) is 0 Å². The summed E-state index contributed by atoms with van der Waals surface area (Å²) < 4.78 is 5.81. The molecular weight excluding hydrogens is 276 g/mol. The number of benzene rings is 1. The molecule has 0 saturated heterocycles. The van der Waals surface area contributed by atoms with Gasteiger partial charge in [-0.05, 0) is 30.4 Å². The summed E-state index contributed by atoms with van der Waals surface area (Å²) in [6.07, 6.45) is 4.84. The van der Waals surface area contributed by atoms with E-state index in [4.69, 9.17) is 10.5 Å². The van der Waals surface area contributed by atoms with Crippen LogP contribution in [-0.2, 0) is 4.79 Å². The number of hydrogen-bond acceptors (Lipinski definition) is 3. The lowest BCUT2D eigenvalue weighted by Crippen LogP contribution is -2.55. The number of para-hydroxylation sites is 1. The number of carbonyl (C=O) groups is 1. The van der Waals surface area contributed by atoms with Crippen LogP contribution >= 0.6 is 0 Å². The van der Waals surface area contributed by atoms with Crippen LogP contribution in [-0.4, -0.2) is 24.6 Å². The van der Waals surface area contributed by atoms with Crippen LogP contribution in [0.4, 0.5) is 0 Å². The van der Waals surface area contributed by atoms with Crippen molar-refractivity contribution < 1.29 is 9.53 Å². The first-order chi connectivity index (χ1) is 10.5. The number of rotatable bonds is 6. The SMILES string of the molecule is CC(C)c1ccccc1OCCNC(=O)C1(N)CCCCC1. The van der Waals surface area contributed by atoms with E-state index in [1.807, 2.05) is 18.2 Å². The fourth-order valence-electron chi connectivity index (χ4n) is 3.00. The molecule has 22 heavy (non-hydrogen) atoms. The molecule has 1 aromatic rings. The van der Waals surface area contributed by atoms with Gasteiger partial charge in [-0.3, -0.25) is 4.79 Å². The molecule has 1 saturated carbocycles. The van der Waals surface area contributed by atoms with Gasteiger partial charge >= 0.3 is 0 Å².